The maximum atomic E-state index is 12.7. The first-order valence-electron chi connectivity index (χ1n) is 7.83. The van der Waals surface area contributed by atoms with Gasteiger partial charge in [-0.1, -0.05) is 0 Å². The molecule has 0 fully saturated rings. The number of esters is 1. The molecule has 0 aliphatic carbocycles. The number of carbonyl (C=O) groups excluding carboxylic acids is 1. The number of rotatable bonds is 4. The number of hydrogen-bond acceptors (Lipinski definition) is 5. The van der Waals surface area contributed by atoms with Gasteiger partial charge >= 0.3 is 12.1 Å². The lowest BCUT2D eigenvalue weighted by Crippen LogP contribution is -2.04. The fraction of sp³-hybridized carbons (Fsp3) is 0.158. The van der Waals surface area contributed by atoms with Crippen LogP contribution < -0.4 is 10.1 Å². The first kappa shape index (κ1) is 18.5. The Balaban J connectivity index is 1.97. The predicted octanol–water partition coefficient (Wildman–Crippen LogP) is 4.79. The van der Waals surface area contributed by atoms with E-state index in [0.29, 0.717) is 33.7 Å². The molecule has 1 aromatic heterocycles. The molecular weight excluding hydrogens is 361 g/mol. The fourth-order valence-electron chi connectivity index (χ4n) is 2.56. The molecule has 8 heteroatoms. The molecule has 27 heavy (non-hydrogen) atoms. The summed E-state index contributed by atoms with van der Waals surface area (Å²) in [5.74, 6) is 0.366. The van der Waals surface area contributed by atoms with Crippen molar-refractivity contribution in [2.24, 2.45) is 0 Å². The highest BCUT2D eigenvalue weighted by molar-refractivity contribution is 5.96. The quantitative estimate of drug-likeness (QED) is 0.664. The molecule has 0 saturated heterocycles. The lowest BCUT2D eigenvalue weighted by Gasteiger charge is -2.12. The molecule has 0 aliphatic rings. The fourth-order valence-corrected chi connectivity index (χ4v) is 2.56. The van der Waals surface area contributed by atoms with Crippen molar-refractivity contribution in [2.75, 3.05) is 19.5 Å². The molecule has 2 aromatic carbocycles. The molecule has 0 unspecified atom stereocenters. The van der Waals surface area contributed by atoms with E-state index in [0.717, 1.165) is 12.1 Å². The van der Waals surface area contributed by atoms with Gasteiger partial charge in [-0.25, -0.2) is 9.78 Å². The summed E-state index contributed by atoms with van der Waals surface area (Å²) >= 11 is 0. The van der Waals surface area contributed by atoms with Gasteiger partial charge in [-0.05, 0) is 42.5 Å². The molecule has 0 bridgehead atoms. The van der Waals surface area contributed by atoms with Crippen LogP contribution in [0.25, 0.3) is 10.9 Å². The van der Waals surface area contributed by atoms with Crippen molar-refractivity contribution in [2.45, 2.75) is 6.18 Å². The molecule has 0 aliphatic heterocycles. The van der Waals surface area contributed by atoms with Crippen molar-refractivity contribution in [3.8, 4) is 5.75 Å². The molecule has 0 saturated carbocycles. The second-order valence-corrected chi connectivity index (χ2v) is 5.63. The summed E-state index contributed by atoms with van der Waals surface area (Å²) in [5, 5.41) is 3.62. The largest absolute Gasteiger partial charge is 0.496 e. The molecule has 3 rings (SSSR count). The molecule has 140 valence electrons. The average Bonchev–Trinajstić information content (AvgIpc) is 2.65. The zero-order valence-electron chi connectivity index (χ0n) is 14.4. The van der Waals surface area contributed by atoms with E-state index in [-0.39, 0.29) is 0 Å². The number of hydrogen-bond donors (Lipinski definition) is 1. The first-order valence-corrected chi connectivity index (χ1v) is 7.83. The summed E-state index contributed by atoms with van der Waals surface area (Å²) in [6.45, 7) is 0. The van der Waals surface area contributed by atoms with Gasteiger partial charge in [0.05, 0.1) is 30.9 Å². The van der Waals surface area contributed by atoms with Crippen LogP contribution in [0.3, 0.4) is 0 Å². The lowest BCUT2D eigenvalue weighted by molar-refractivity contribution is -0.137. The highest BCUT2D eigenvalue weighted by atomic mass is 19.4. The third-order valence-corrected chi connectivity index (χ3v) is 3.90. The van der Waals surface area contributed by atoms with Gasteiger partial charge in [0.1, 0.15) is 11.6 Å². The maximum absolute atomic E-state index is 12.7. The number of anilines is 2. The van der Waals surface area contributed by atoms with E-state index >= 15 is 0 Å². The minimum atomic E-state index is -4.40. The van der Waals surface area contributed by atoms with E-state index in [1.165, 1.54) is 26.4 Å². The number of nitrogens with one attached hydrogen (secondary N) is 1. The Morgan fingerprint density at radius 3 is 2.33 bits per heavy atom. The standard InChI is InChI=1S/C19H15F3N2O3/c1-26-16-10-17(23-13-6-4-12(5-7-13)19(20,21)22)24-15-9-11(18(25)27-2)3-8-14(15)16/h3-10H,1-2H3,(H,23,24). The van der Waals surface area contributed by atoms with Crippen molar-refractivity contribution in [1.82, 2.24) is 4.98 Å². The average molecular weight is 376 g/mol. The molecule has 1 heterocycles. The Bertz CT molecular complexity index is 986. The highest BCUT2D eigenvalue weighted by Gasteiger charge is 2.29. The number of pyridine rings is 1. The van der Waals surface area contributed by atoms with E-state index in [1.807, 2.05) is 0 Å². The van der Waals surface area contributed by atoms with Crippen molar-refractivity contribution < 1.29 is 27.4 Å². The van der Waals surface area contributed by atoms with Crippen LogP contribution in [0.5, 0.6) is 5.75 Å². The minimum absolute atomic E-state index is 0.325. The molecule has 5 nitrogen and oxygen atoms in total. The molecule has 0 radical (unpaired) electrons. The third kappa shape index (κ3) is 3.94. The van der Waals surface area contributed by atoms with Gasteiger partial charge in [0.15, 0.2) is 0 Å². The second kappa shape index (κ2) is 7.14. The van der Waals surface area contributed by atoms with E-state index in [4.69, 9.17) is 9.47 Å². The Morgan fingerprint density at radius 1 is 1.04 bits per heavy atom. The molecule has 3 aromatic rings. The van der Waals surface area contributed by atoms with E-state index in [1.54, 1.807) is 24.3 Å². The molecular formula is C19H15F3N2O3. The summed E-state index contributed by atoms with van der Waals surface area (Å²) in [6, 6.07) is 11.1. The summed E-state index contributed by atoms with van der Waals surface area (Å²) < 4.78 is 48.0. The van der Waals surface area contributed by atoms with Crippen LogP contribution in [-0.4, -0.2) is 25.2 Å². The van der Waals surface area contributed by atoms with Gasteiger partial charge < -0.3 is 14.8 Å². The second-order valence-electron chi connectivity index (χ2n) is 5.63. The molecule has 1 N–H and O–H groups in total. The number of methoxy groups -OCH3 is 2. The summed E-state index contributed by atoms with van der Waals surface area (Å²) in [4.78, 5) is 16.1. The number of benzene rings is 2. The van der Waals surface area contributed by atoms with Gasteiger partial charge in [0.2, 0.25) is 0 Å². The predicted molar refractivity (Wildman–Crippen MR) is 94.4 cm³/mol. The Hall–Kier alpha value is -3.29. The van der Waals surface area contributed by atoms with Crippen LogP contribution in [-0.2, 0) is 10.9 Å². The summed E-state index contributed by atoms with van der Waals surface area (Å²) in [5.41, 5.74) is 0.499. The number of fused-ring (bicyclic) bond motifs is 1. The number of nitrogens with zero attached hydrogens (tertiary/aromatic N) is 1. The topological polar surface area (TPSA) is 60.5 Å². The Kier molecular flexibility index (Phi) is 4.89. The number of halogens is 3. The summed E-state index contributed by atoms with van der Waals surface area (Å²) in [6.07, 6.45) is -4.40. The van der Waals surface area contributed by atoms with Gasteiger partial charge in [-0.2, -0.15) is 13.2 Å². The van der Waals surface area contributed by atoms with E-state index < -0.39 is 17.7 Å². The third-order valence-electron chi connectivity index (χ3n) is 3.90. The van der Waals surface area contributed by atoms with Crippen LogP contribution >= 0.6 is 0 Å². The SMILES string of the molecule is COC(=O)c1ccc2c(OC)cc(Nc3ccc(C(F)(F)F)cc3)nc2c1. The van der Waals surface area contributed by atoms with Crippen LogP contribution in [0.4, 0.5) is 24.7 Å². The molecule has 0 amide bonds. The van der Waals surface area contributed by atoms with Crippen molar-refractivity contribution in [1.29, 1.82) is 0 Å². The Labute approximate surface area is 152 Å². The highest BCUT2D eigenvalue weighted by Crippen LogP contribution is 2.32. The molecule has 0 spiro atoms. The first-order chi connectivity index (χ1) is 12.8. The number of alkyl halides is 3. The van der Waals surface area contributed by atoms with E-state index in [2.05, 4.69) is 10.3 Å². The van der Waals surface area contributed by atoms with Gasteiger partial charge in [-0.3, -0.25) is 0 Å². The van der Waals surface area contributed by atoms with Gasteiger partial charge in [0, 0.05) is 17.1 Å². The van der Waals surface area contributed by atoms with Crippen LogP contribution in [0.2, 0.25) is 0 Å². The lowest BCUT2D eigenvalue weighted by atomic mass is 10.1. The van der Waals surface area contributed by atoms with Crippen LogP contribution in [0, 0.1) is 0 Å². The zero-order chi connectivity index (χ0) is 19.6. The van der Waals surface area contributed by atoms with Crippen LogP contribution in [0.1, 0.15) is 15.9 Å². The summed E-state index contributed by atoms with van der Waals surface area (Å²) in [7, 11) is 2.77. The van der Waals surface area contributed by atoms with Gasteiger partial charge in [0.25, 0.3) is 0 Å². The molecule has 0 atom stereocenters. The smallest absolute Gasteiger partial charge is 0.416 e. The Morgan fingerprint density at radius 2 is 1.74 bits per heavy atom. The number of ether oxygens (including phenoxy) is 2. The number of carbonyl (C=O) groups is 1. The van der Waals surface area contributed by atoms with Crippen molar-refractivity contribution in [3.63, 3.8) is 0 Å². The maximum Gasteiger partial charge on any atom is 0.416 e. The van der Waals surface area contributed by atoms with Gasteiger partial charge in [-0.15, -0.1) is 0 Å². The van der Waals surface area contributed by atoms with Crippen LogP contribution in [0.15, 0.2) is 48.5 Å². The minimum Gasteiger partial charge on any atom is -0.496 e. The number of aromatic nitrogens is 1. The van der Waals surface area contributed by atoms with Crippen molar-refractivity contribution in [3.05, 3.63) is 59.7 Å². The van der Waals surface area contributed by atoms with Crippen molar-refractivity contribution >= 4 is 28.4 Å². The van der Waals surface area contributed by atoms with E-state index in [9.17, 15) is 18.0 Å². The normalized spacial score (nSPS) is 11.3. The zero-order valence-corrected chi connectivity index (χ0v) is 14.4. The monoisotopic (exact) mass is 376 g/mol.